The quantitative estimate of drug-likeness (QED) is 0.466. The SMILES string of the molecule is CCCCCCCCCCC(=O)N1CCC(S(=O)(=O)c2ccc(Cl)cc2)C1. The molecule has 1 aliphatic heterocycles. The van der Waals surface area contributed by atoms with Crippen LogP contribution in [0, 0.1) is 0 Å². The molecule has 1 heterocycles. The van der Waals surface area contributed by atoms with Gasteiger partial charge in [0.05, 0.1) is 10.1 Å². The number of carbonyl (C=O) groups is 1. The fourth-order valence-corrected chi connectivity index (χ4v) is 5.41. The Morgan fingerprint density at radius 1 is 1.04 bits per heavy atom. The topological polar surface area (TPSA) is 54.5 Å². The van der Waals surface area contributed by atoms with Crippen LogP contribution in [-0.2, 0) is 14.6 Å². The highest BCUT2D eigenvalue weighted by molar-refractivity contribution is 7.92. The van der Waals surface area contributed by atoms with Crippen molar-refractivity contribution in [2.75, 3.05) is 13.1 Å². The van der Waals surface area contributed by atoms with Crippen LogP contribution in [-0.4, -0.2) is 37.6 Å². The maximum atomic E-state index is 12.7. The molecule has 0 N–H and O–H groups in total. The number of sulfone groups is 1. The summed E-state index contributed by atoms with van der Waals surface area (Å²) >= 11 is 5.84. The van der Waals surface area contributed by atoms with Gasteiger partial charge in [-0.15, -0.1) is 0 Å². The summed E-state index contributed by atoms with van der Waals surface area (Å²) in [6, 6.07) is 6.27. The van der Waals surface area contributed by atoms with E-state index < -0.39 is 15.1 Å². The minimum atomic E-state index is -3.41. The number of hydrogen-bond acceptors (Lipinski definition) is 3. The zero-order valence-electron chi connectivity index (χ0n) is 16.3. The van der Waals surface area contributed by atoms with Gasteiger partial charge in [-0.05, 0) is 37.1 Å². The summed E-state index contributed by atoms with van der Waals surface area (Å²) in [7, 11) is -3.41. The van der Waals surface area contributed by atoms with Gasteiger partial charge in [0.2, 0.25) is 5.91 Å². The summed E-state index contributed by atoms with van der Waals surface area (Å²) in [6.07, 6.45) is 10.6. The van der Waals surface area contributed by atoms with Gasteiger partial charge in [0.25, 0.3) is 0 Å². The number of benzene rings is 1. The number of halogens is 1. The number of carbonyl (C=O) groups excluding carboxylic acids is 1. The Bertz CT molecular complexity index is 688. The Morgan fingerprint density at radius 3 is 2.26 bits per heavy atom. The zero-order chi connectivity index (χ0) is 19.7. The van der Waals surface area contributed by atoms with Gasteiger partial charge in [-0.3, -0.25) is 4.79 Å². The van der Waals surface area contributed by atoms with Gasteiger partial charge in [0, 0.05) is 24.5 Å². The van der Waals surface area contributed by atoms with E-state index in [1.165, 1.54) is 38.5 Å². The molecule has 0 aliphatic carbocycles. The van der Waals surface area contributed by atoms with Gasteiger partial charge >= 0.3 is 0 Å². The maximum Gasteiger partial charge on any atom is 0.222 e. The van der Waals surface area contributed by atoms with E-state index in [4.69, 9.17) is 11.6 Å². The van der Waals surface area contributed by atoms with Crippen molar-refractivity contribution in [3.05, 3.63) is 29.3 Å². The molecule has 27 heavy (non-hydrogen) atoms. The molecule has 2 rings (SSSR count). The van der Waals surface area contributed by atoms with Crippen molar-refractivity contribution in [2.24, 2.45) is 0 Å². The average Bonchev–Trinajstić information content (AvgIpc) is 3.15. The Balaban J connectivity index is 1.72. The van der Waals surface area contributed by atoms with Gasteiger partial charge < -0.3 is 4.90 Å². The first-order valence-corrected chi connectivity index (χ1v) is 12.1. The molecule has 1 fully saturated rings. The Hall–Kier alpha value is -1.07. The normalized spacial score (nSPS) is 17.4. The van der Waals surface area contributed by atoms with Crippen LogP contribution < -0.4 is 0 Å². The van der Waals surface area contributed by atoms with E-state index in [1.54, 1.807) is 29.2 Å². The van der Waals surface area contributed by atoms with Gasteiger partial charge in [0.1, 0.15) is 0 Å². The highest BCUT2D eigenvalue weighted by Gasteiger charge is 2.35. The first-order chi connectivity index (χ1) is 12.9. The summed E-state index contributed by atoms with van der Waals surface area (Å²) in [4.78, 5) is 14.4. The van der Waals surface area contributed by atoms with E-state index in [-0.39, 0.29) is 10.8 Å². The van der Waals surface area contributed by atoms with Crippen molar-refractivity contribution in [3.63, 3.8) is 0 Å². The van der Waals surface area contributed by atoms with Crippen molar-refractivity contribution < 1.29 is 13.2 Å². The number of unbranched alkanes of at least 4 members (excludes halogenated alkanes) is 7. The van der Waals surface area contributed by atoms with Crippen molar-refractivity contribution in [1.82, 2.24) is 4.90 Å². The third kappa shape index (κ3) is 6.79. The fraction of sp³-hybridized carbons (Fsp3) is 0.667. The van der Waals surface area contributed by atoms with Crippen LogP contribution in [0.15, 0.2) is 29.2 Å². The number of nitrogens with zero attached hydrogens (tertiary/aromatic N) is 1. The Labute approximate surface area is 169 Å². The number of hydrogen-bond donors (Lipinski definition) is 0. The van der Waals surface area contributed by atoms with Gasteiger partial charge in [-0.25, -0.2) is 8.42 Å². The minimum Gasteiger partial charge on any atom is -0.341 e. The molecule has 1 unspecified atom stereocenters. The van der Waals surface area contributed by atoms with Crippen LogP contribution in [0.25, 0.3) is 0 Å². The fourth-order valence-electron chi connectivity index (χ4n) is 3.59. The smallest absolute Gasteiger partial charge is 0.222 e. The van der Waals surface area contributed by atoms with Crippen LogP contribution in [0.1, 0.15) is 71.1 Å². The van der Waals surface area contributed by atoms with E-state index in [2.05, 4.69) is 6.92 Å². The summed E-state index contributed by atoms with van der Waals surface area (Å²) in [5, 5.41) is 0.00345. The van der Waals surface area contributed by atoms with Crippen LogP contribution >= 0.6 is 11.6 Å². The lowest BCUT2D eigenvalue weighted by Crippen LogP contribution is -2.31. The van der Waals surface area contributed by atoms with Gasteiger partial charge in [-0.2, -0.15) is 0 Å². The lowest BCUT2D eigenvalue weighted by Gasteiger charge is -2.17. The van der Waals surface area contributed by atoms with Gasteiger partial charge in [-0.1, -0.05) is 63.5 Å². The molecular formula is C21H32ClNO3S. The Kier molecular flexibility index (Phi) is 9.10. The molecule has 152 valence electrons. The molecule has 1 aromatic rings. The summed E-state index contributed by atoms with van der Waals surface area (Å²) in [5.41, 5.74) is 0. The van der Waals surface area contributed by atoms with E-state index >= 15 is 0 Å². The number of amides is 1. The second kappa shape index (κ2) is 11.1. The monoisotopic (exact) mass is 413 g/mol. The molecule has 1 aliphatic rings. The highest BCUT2D eigenvalue weighted by Crippen LogP contribution is 2.25. The summed E-state index contributed by atoms with van der Waals surface area (Å²) in [5.74, 6) is 0.0924. The van der Waals surface area contributed by atoms with Crippen molar-refractivity contribution in [3.8, 4) is 0 Å². The average molecular weight is 414 g/mol. The first kappa shape index (κ1) is 22.2. The number of likely N-dealkylation sites (tertiary alicyclic amines) is 1. The number of rotatable bonds is 11. The first-order valence-electron chi connectivity index (χ1n) is 10.2. The predicted molar refractivity (Wildman–Crippen MR) is 111 cm³/mol. The van der Waals surface area contributed by atoms with Crippen LogP contribution in [0.3, 0.4) is 0 Å². The maximum absolute atomic E-state index is 12.7. The van der Waals surface area contributed by atoms with E-state index in [9.17, 15) is 13.2 Å². The van der Waals surface area contributed by atoms with E-state index in [0.29, 0.717) is 31.0 Å². The van der Waals surface area contributed by atoms with E-state index in [1.807, 2.05) is 0 Å². The molecule has 0 saturated carbocycles. The lowest BCUT2D eigenvalue weighted by molar-refractivity contribution is -0.130. The van der Waals surface area contributed by atoms with E-state index in [0.717, 1.165) is 12.8 Å². The molecule has 1 amide bonds. The zero-order valence-corrected chi connectivity index (χ0v) is 17.9. The molecule has 0 aromatic heterocycles. The predicted octanol–water partition coefficient (Wildman–Crippen LogP) is 5.25. The second-order valence-corrected chi connectivity index (χ2v) is 10.1. The highest BCUT2D eigenvalue weighted by atomic mass is 35.5. The second-order valence-electron chi connectivity index (χ2n) is 7.47. The minimum absolute atomic E-state index is 0.0924. The largest absolute Gasteiger partial charge is 0.341 e. The van der Waals surface area contributed by atoms with Crippen molar-refractivity contribution >= 4 is 27.3 Å². The molecule has 0 spiro atoms. The molecular weight excluding hydrogens is 382 g/mol. The molecule has 1 saturated heterocycles. The molecule has 4 nitrogen and oxygen atoms in total. The van der Waals surface area contributed by atoms with Crippen LogP contribution in [0.5, 0.6) is 0 Å². The summed E-state index contributed by atoms with van der Waals surface area (Å²) in [6.45, 7) is 3.06. The standard InChI is InChI=1S/C21H32ClNO3S/c1-2-3-4-5-6-7-8-9-10-21(24)23-16-15-20(17-23)27(25,26)19-13-11-18(22)12-14-19/h11-14,20H,2-10,15-17H2,1H3. The molecule has 1 atom stereocenters. The third-order valence-corrected chi connectivity index (χ3v) is 7.77. The van der Waals surface area contributed by atoms with Crippen LogP contribution in [0.2, 0.25) is 5.02 Å². The van der Waals surface area contributed by atoms with Gasteiger partial charge in [0.15, 0.2) is 9.84 Å². The lowest BCUT2D eigenvalue weighted by atomic mass is 10.1. The molecule has 0 radical (unpaired) electrons. The molecule has 1 aromatic carbocycles. The molecule has 6 heteroatoms. The van der Waals surface area contributed by atoms with Crippen molar-refractivity contribution in [1.29, 1.82) is 0 Å². The summed E-state index contributed by atoms with van der Waals surface area (Å²) < 4.78 is 25.5. The third-order valence-electron chi connectivity index (χ3n) is 5.32. The van der Waals surface area contributed by atoms with Crippen LogP contribution in [0.4, 0.5) is 0 Å². The Morgan fingerprint density at radius 2 is 1.63 bits per heavy atom. The molecule has 0 bridgehead atoms. The van der Waals surface area contributed by atoms with Crippen molar-refractivity contribution in [2.45, 2.75) is 81.3 Å².